The Hall–Kier alpha value is -2.08. The van der Waals surface area contributed by atoms with E-state index in [2.05, 4.69) is 13.8 Å². The first-order valence-corrected chi connectivity index (χ1v) is 15.1. The number of fused-ring (bicyclic) bond motifs is 1. The quantitative estimate of drug-likeness (QED) is 0.121. The maximum absolute atomic E-state index is 14.8. The molecule has 0 unspecified atom stereocenters. The van der Waals surface area contributed by atoms with Gasteiger partial charge in [0.05, 0.1) is 0 Å². The van der Waals surface area contributed by atoms with E-state index in [0.29, 0.717) is 23.6 Å². The number of halogens is 3. The molecule has 39 heavy (non-hydrogen) atoms. The van der Waals surface area contributed by atoms with E-state index < -0.39 is 23.9 Å². The van der Waals surface area contributed by atoms with Crippen LogP contribution in [-0.4, -0.2) is 25.4 Å². The van der Waals surface area contributed by atoms with Crippen LogP contribution in [0.3, 0.4) is 0 Å². The lowest BCUT2D eigenvalue weighted by atomic mass is 9.88. The molecule has 0 fully saturated rings. The highest BCUT2D eigenvalue weighted by molar-refractivity contribution is 5.93. The van der Waals surface area contributed by atoms with Crippen molar-refractivity contribution in [2.75, 3.05) is 7.11 Å². The van der Waals surface area contributed by atoms with Crippen molar-refractivity contribution < 1.29 is 27.4 Å². The van der Waals surface area contributed by atoms with Crippen molar-refractivity contribution in [3.8, 4) is 0 Å². The van der Waals surface area contributed by atoms with Crippen LogP contribution in [0.5, 0.6) is 0 Å². The third-order valence-electron chi connectivity index (χ3n) is 7.69. The second-order valence-electron chi connectivity index (χ2n) is 10.8. The van der Waals surface area contributed by atoms with Gasteiger partial charge in [-0.3, -0.25) is 0 Å². The summed E-state index contributed by atoms with van der Waals surface area (Å²) >= 11 is 0. The Bertz CT molecular complexity index is 935. The molecule has 6 heteroatoms. The Morgan fingerprint density at radius 3 is 1.72 bits per heavy atom. The molecule has 0 saturated heterocycles. The number of hydrogen-bond acceptors (Lipinski definition) is 3. The minimum atomic E-state index is -4.99. The molecule has 0 heterocycles. The number of alkyl halides is 3. The predicted octanol–water partition coefficient (Wildman–Crippen LogP) is 10.4. The molecule has 2 rings (SSSR count). The summed E-state index contributed by atoms with van der Waals surface area (Å²) in [5, 5.41) is 0.933. The van der Waals surface area contributed by atoms with Gasteiger partial charge in [-0.2, -0.15) is 13.2 Å². The van der Waals surface area contributed by atoms with Crippen LogP contribution in [-0.2, 0) is 19.9 Å². The van der Waals surface area contributed by atoms with Crippen molar-refractivity contribution in [2.24, 2.45) is 0 Å². The number of unbranched alkanes of at least 4 members (excludes halogenated alkanes) is 12. The third-order valence-corrected chi connectivity index (χ3v) is 7.69. The van der Waals surface area contributed by atoms with Gasteiger partial charge in [-0.25, -0.2) is 4.79 Å². The van der Waals surface area contributed by atoms with Crippen LogP contribution < -0.4 is 0 Å². The number of hydrogen-bond donors (Lipinski definition) is 0. The fourth-order valence-corrected chi connectivity index (χ4v) is 5.37. The van der Waals surface area contributed by atoms with Gasteiger partial charge < -0.3 is 9.47 Å². The van der Waals surface area contributed by atoms with Gasteiger partial charge in [0.2, 0.25) is 0 Å². The molecule has 0 radical (unpaired) electrons. The number of rotatable bonds is 20. The summed E-state index contributed by atoms with van der Waals surface area (Å²) in [5.74, 6) is -1.37. The molecule has 3 nitrogen and oxygen atoms in total. The summed E-state index contributed by atoms with van der Waals surface area (Å²) in [6, 6.07) is 11.3. The average Bonchev–Trinajstić information content (AvgIpc) is 2.92. The molecule has 2 aromatic rings. The van der Waals surface area contributed by atoms with E-state index in [-0.39, 0.29) is 5.56 Å². The van der Waals surface area contributed by atoms with Crippen molar-refractivity contribution >= 4 is 16.7 Å². The highest BCUT2D eigenvalue weighted by atomic mass is 19.4. The summed E-state index contributed by atoms with van der Waals surface area (Å²) < 4.78 is 55.2. The molecule has 0 saturated carbocycles. The topological polar surface area (TPSA) is 35.5 Å². The summed E-state index contributed by atoms with van der Waals surface area (Å²) in [5.41, 5.74) is -3.42. The maximum Gasteiger partial charge on any atom is 0.432 e. The van der Waals surface area contributed by atoms with E-state index in [1.807, 2.05) is 0 Å². The minimum absolute atomic E-state index is 0.230. The van der Waals surface area contributed by atoms with Crippen molar-refractivity contribution in [1.29, 1.82) is 0 Å². The van der Waals surface area contributed by atoms with Gasteiger partial charge in [0.15, 0.2) is 0 Å². The molecule has 0 spiro atoms. The van der Waals surface area contributed by atoms with Crippen LogP contribution in [0.4, 0.5) is 13.2 Å². The molecule has 220 valence electrons. The van der Waals surface area contributed by atoms with Crippen LogP contribution >= 0.6 is 0 Å². The molecule has 1 atom stereocenters. The van der Waals surface area contributed by atoms with Crippen molar-refractivity contribution in [3.63, 3.8) is 0 Å². The van der Waals surface area contributed by atoms with E-state index in [1.54, 1.807) is 30.3 Å². The Morgan fingerprint density at radius 2 is 1.21 bits per heavy atom. The van der Waals surface area contributed by atoms with Gasteiger partial charge in [0.25, 0.3) is 5.60 Å². The summed E-state index contributed by atoms with van der Waals surface area (Å²) in [4.78, 5) is 13.5. The van der Waals surface area contributed by atoms with E-state index in [9.17, 15) is 18.0 Å². The van der Waals surface area contributed by atoms with Gasteiger partial charge in [0.1, 0.15) is 6.10 Å². The molecular formula is C33H49F3O3. The summed E-state index contributed by atoms with van der Waals surface area (Å²) in [6.07, 6.45) is 11.0. The van der Waals surface area contributed by atoms with Crippen molar-refractivity contribution in [1.82, 2.24) is 0 Å². The lowest BCUT2D eigenvalue weighted by molar-refractivity contribution is -0.278. The SMILES string of the molecule is CCCCCCCCCC(CCCCCCCCC)OC(=O)[C@@](OC)(c1cccc2ccccc12)C(F)(F)F. The standard InChI is InChI=1S/C33H49F3O3/c1-4-6-8-10-12-14-16-23-28(24-17-15-13-11-9-7-5-2)39-31(37)32(38-3,33(34,35)36)30-26-20-22-27-21-18-19-25-29(27)30/h18-22,25-26,28H,4-17,23-24H2,1-3H3/t32-/m0/s1. The fraction of sp³-hybridized carbons (Fsp3) is 0.667. The highest BCUT2D eigenvalue weighted by Crippen LogP contribution is 2.45. The van der Waals surface area contributed by atoms with Gasteiger partial charge in [-0.15, -0.1) is 0 Å². The zero-order valence-corrected chi connectivity index (χ0v) is 24.3. The normalized spacial score (nSPS) is 13.6. The van der Waals surface area contributed by atoms with Crippen LogP contribution in [0.1, 0.15) is 122 Å². The molecule has 0 amide bonds. The number of esters is 1. The van der Waals surface area contributed by atoms with E-state index in [4.69, 9.17) is 9.47 Å². The third kappa shape index (κ3) is 9.81. The molecule has 2 aromatic carbocycles. The number of benzene rings is 2. The highest BCUT2D eigenvalue weighted by Gasteiger charge is 2.64. The monoisotopic (exact) mass is 550 g/mol. The maximum atomic E-state index is 14.8. The van der Waals surface area contributed by atoms with Gasteiger partial charge in [0, 0.05) is 12.7 Å². The predicted molar refractivity (Wildman–Crippen MR) is 154 cm³/mol. The molecule has 0 bridgehead atoms. The average molecular weight is 551 g/mol. The Balaban J connectivity index is 2.19. The minimum Gasteiger partial charge on any atom is -0.460 e. The Morgan fingerprint density at radius 1 is 0.718 bits per heavy atom. The molecule has 0 N–H and O–H groups in total. The first-order valence-electron chi connectivity index (χ1n) is 15.1. The van der Waals surface area contributed by atoms with Gasteiger partial charge >= 0.3 is 12.1 Å². The number of ether oxygens (including phenoxy) is 2. The van der Waals surface area contributed by atoms with Gasteiger partial charge in [-0.1, -0.05) is 133 Å². The lowest BCUT2D eigenvalue weighted by Crippen LogP contribution is -2.52. The van der Waals surface area contributed by atoms with E-state index >= 15 is 0 Å². The Kier molecular flexibility index (Phi) is 14.9. The summed E-state index contributed by atoms with van der Waals surface area (Å²) in [7, 11) is 0.943. The van der Waals surface area contributed by atoms with Crippen molar-refractivity contribution in [2.45, 2.75) is 134 Å². The number of carbonyl (C=O) groups is 1. The second-order valence-corrected chi connectivity index (χ2v) is 10.8. The largest absolute Gasteiger partial charge is 0.460 e. The molecule has 0 aliphatic rings. The smallest absolute Gasteiger partial charge is 0.432 e. The zero-order valence-electron chi connectivity index (χ0n) is 24.3. The van der Waals surface area contributed by atoms with Crippen LogP contribution in [0.25, 0.3) is 10.8 Å². The number of methoxy groups -OCH3 is 1. The van der Waals surface area contributed by atoms with Crippen LogP contribution in [0, 0.1) is 0 Å². The Labute approximate surface area is 233 Å². The van der Waals surface area contributed by atoms with Crippen LogP contribution in [0.2, 0.25) is 0 Å². The van der Waals surface area contributed by atoms with Gasteiger partial charge in [-0.05, 0) is 36.5 Å². The van der Waals surface area contributed by atoms with Crippen molar-refractivity contribution in [3.05, 3.63) is 48.0 Å². The first kappa shape index (κ1) is 33.1. The van der Waals surface area contributed by atoms with E-state index in [1.165, 1.54) is 50.7 Å². The number of carbonyl (C=O) groups excluding carboxylic acids is 1. The fourth-order valence-electron chi connectivity index (χ4n) is 5.37. The van der Waals surface area contributed by atoms with E-state index in [0.717, 1.165) is 58.5 Å². The molecule has 0 aliphatic carbocycles. The first-order chi connectivity index (χ1) is 18.8. The second kappa shape index (κ2) is 17.6. The molecule has 0 aromatic heterocycles. The zero-order chi connectivity index (χ0) is 28.6. The molecule has 0 aliphatic heterocycles. The lowest BCUT2D eigenvalue weighted by Gasteiger charge is -2.34. The van der Waals surface area contributed by atoms with Crippen LogP contribution in [0.15, 0.2) is 42.5 Å². The molecular weight excluding hydrogens is 501 g/mol. The summed E-state index contributed by atoms with van der Waals surface area (Å²) in [6.45, 7) is 4.37.